The normalized spacial score (nSPS) is 43.6. The van der Waals surface area contributed by atoms with Gasteiger partial charge in [-0.1, -0.05) is 19.1 Å². The molecule has 1 N–H and O–H groups in total. The van der Waals surface area contributed by atoms with E-state index < -0.39 is 0 Å². The molecule has 0 spiro atoms. The van der Waals surface area contributed by atoms with Crippen LogP contribution in [0, 0.1) is 11.3 Å². The fourth-order valence-corrected chi connectivity index (χ4v) is 3.91. The third-order valence-electron chi connectivity index (χ3n) is 5.26. The summed E-state index contributed by atoms with van der Waals surface area (Å²) in [6.07, 6.45) is 2.82. The lowest BCUT2D eigenvalue weighted by atomic mass is 9.56. The second-order valence-corrected chi connectivity index (χ2v) is 6.22. The molecule has 0 amide bonds. The topological polar surface area (TPSA) is 46.5 Å². The highest BCUT2D eigenvalue weighted by molar-refractivity contribution is 5.91. The van der Waals surface area contributed by atoms with Gasteiger partial charge < -0.3 is 9.84 Å². The van der Waals surface area contributed by atoms with Crippen LogP contribution in [0.15, 0.2) is 23.3 Å². The van der Waals surface area contributed by atoms with Gasteiger partial charge in [-0.05, 0) is 44.1 Å². The van der Waals surface area contributed by atoms with E-state index >= 15 is 0 Å². The first kappa shape index (κ1) is 12.0. The predicted octanol–water partition coefficient (Wildman–Crippen LogP) is 2.36. The van der Waals surface area contributed by atoms with E-state index in [-0.39, 0.29) is 29.5 Å². The van der Waals surface area contributed by atoms with Gasteiger partial charge in [-0.3, -0.25) is 0 Å². The Morgan fingerprint density at radius 2 is 2.22 bits per heavy atom. The zero-order valence-electron chi connectivity index (χ0n) is 11.0. The Bertz CT molecular complexity index is 462. The standard InChI is InChI=1S/C15H20O3/c1-8-4-5-13(16)15(3)7-12-10(6-11(8)15)9(2)14(17)18-12/h11-13,16H,1,4-7H2,2-3H3/t11-,12-,13+,15-/m0/s1. The van der Waals surface area contributed by atoms with Crippen molar-refractivity contribution in [2.45, 2.75) is 51.7 Å². The molecular weight excluding hydrogens is 228 g/mol. The Hall–Kier alpha value is -1.09. The van der Waals surface area contributed by atoms with Crippen molar-refractivity contribution in [3.63, 3.8) is 0 Å². The van der Waals surface area contributed by atoms with Gasteiger partial charge in [0.2, 0.25) is 0 Å². The van der Waals surface area contributed by atoms with Crippen LogP contribution in [0.3, 0.4) is 0 Å². The smallest absolute Gasteiger partial charge is 0.334 e. The highest BCUT2D eigenvalue weighted by Gasteiger charge is 2.53. The van der Waals surface area contributed by atoms with Crippen LogP contribution in [0.4, 0.5) is 0 Å². The Morgan fingerprint density at radius 3 is 2.94 bits per heavy atom. The summed E-state index contributed by atoms with van der Waals surface area (Å²) in [6, 6.07) is 0. The molecule has 4 atom stereocenters. The Kier molecular flexibility index (Phi) is 2.46. The fraction of sp³-hybridized carbons (Fsp3) is 0.667. The highest BCUT2D eigenvalue weighted by Crippen LogP contribution is 2.55. The lowest BCUT2D eigenvalue weighted by molar-refractivity contribution is -0.144. The molecule has 3 nitrogen and oxygen atoms in total. The van der Waals surface area contributed by atoms with Crippen LogP contribution in [-0.2, 0) is 9.53 Å². The third kappa shape index (κ3) is 1.43. The first-order valence-electron chi connectivity index (χ1n) is 6.70. The van der Waals surface area contributed by atoms with Crippen molar-refractivity contribution < 1.29 is 14.6 Å². The molecule has 3 rings (SSSR count). The zero-order valence-corrected chi connectivity index (χ0v) is 11.0. The molecular formula is C15H20O3. The van der Waals surface area contributed by atoms with E-state index in [2.05, 4.69) is 13.5 Å². The first-order chi connectivity index (χ1) is 8.43. The second kappa shape index (κ2) is 3.70. The van der Waals surface area contributed by atoms with Crippen LogP contribution < -0.4 is 0 Å². The summed E-state index contributed by atoms with van der Waals surface area (Å²) in [6.45, 7) is 8.14. The van der Waals surface area contributed by atoms with Crippen molar-refractivity contribution >= 4 is 5.97 Å². The maximum Gasteiger partial charge on any atom is 0.334 e. The monoisotopic (exact) mass is 248 g/mol. The number of fused-ring (bicyclic) bond motifs is 2. The molecule has 0 unspecified atom stereocenters. The SMILES string of the molecule is C=C1CC[C@@H](O)[C@@]2(C)C[C@@H]3OC(=O)C(C)=C3C[C@@H]12. The molecule has 0 aromatic heterocycles. The van der Waals surface area contributed by atoms with Crippen LogP contribution in [0.2, 0.25) is 0 Å². The lowest BCUT2D eigenvalue weighted by Crippen LogP contribution is -2.49. The molecule has 0 bridgehead atoms. The van der Waals surface area contributed by atoms with Crippen LogP contribution in [0.1, 0.15) is 39.5 Å². The number of aliphatic hydroxyl groups excluding tert-OH is 1. The molecule has 2 saturated carbocycles. The maximum absolute atomic E-state index is 11.6. The highest BCUT2D eigenvalue weighted by atomic mass is 16.5. The summed E-state index contributed by atoms with van der Waals surface area (Å²) in [5, 5.41) is 10.3. The largest absolute Gasteiger partial charge is 0.454 e. The summed E-state index contributed by atoms with van der Waals surface area (Å²) in [4.78, 5) is 11.6. The molecule has 3 heteroatoms. The van der Waals surface area contributed by atoms with E-state index in [1.807, 2.05) is 6.92 Å². The zero-order chi connectivity index (χ0) is 13.1. The average molecular weight is 248 g/mol. The number of aliphatic hydroxyl groups is 1. The molecule has 2 aliphatic carbocycles. The van der Waals surface area contributed by atoms with Crippen LogP contribution in [-0.4, -0.2) is 23.3 Å². The van der Waals surface area contributed by atoms with Crippen LogP contribution >= 0.6 is 0 Å². The van der Waals surface area contributed by atoms with Gasteiger partial charge in [0.25, 0.3) is 0 Å². The Balaban J connectivity index is 1.99. The Morgan fingerprint density at radius 1 is 1.50 bits per heavy atom. The summed E-state index contributed by atoms with van der Waals surface area (Å²) < 4.78 is 5.42. The molecule has 3 aliphatic rings. The molecule has 0 saturated heterocycles. The number of carbonyl (C=O) groups excluding carboxylic acids is 1. The van der Waals surface area contributed by atoms with E-state index in [1.165, 1.54) is 5.57 Å². The molecule has 18 heavy (non-hydrogen) atoms. The fourth-order valence-electron chi connectivity index (χ4n) is 3.91. The van der Waals surface area contributed by atoms with Crippen molar-refractivity contribution in [3.8, 4) is 0 Å². The van der Waals surface area contributed by atoms with E-state index in [0.717, 1.165) is 36.8 Å². The third-order valence-corrected chi connectivity index (χ3v) is 5.26. The molecule has 1 heterocycles. The van der Waals surface area contributed by atoms with Crippen molar-refractivity contribution in [3.05, 3.63) is 23.3 Å². The van der Waals surface area contributed by atoms with Gasteiger partial charge in [-0.15, -0.1) is 0 Å². The van der Waals surface area contributed by atoms with Gasteiger partial charge in [0, 0.05) is 11.0 Å². The van der Waals surface area contributed by atoms with E-state index in [1.54, 1.807) is 0 Å². The molecule has 0 radical (unpaired) electrons. The molecule has 2 fully saturated rings. The number of allylic oxidation sites excluding steroid dienone is 1. The summed E-state index contributed by atoms with van der Waals surface area (Å²) >= 11 is 0. The van der Waals surface area contributed by atoms with Crippen molar-refractivity contribution in [2.75, 3.05) is 0 Å². The number of esters is 1. The second-order valence-electron chi connectivity index (χ2n) is 6.22. The van der Waals surface area contributed by atoms with Gasteiger partial charge in [0.1, 0.15) is 6.10 Å². The van der Waals surface area contributed by atoms with Gasteiger partial charge in [0.15, 0.2) is 0 Å². The van der Waals surface area contributed by atoms with Gasteiger partial charge >= 0.3 is 5.97 Å². The van der Waals surface area contributed by atoms with Gasteiger partial charge in [-0.2, -0.15) is 0 Å². The number of hydrogen-bond donors (Lipinski definition) is 1. The van der Waals surface area contributed by atoms with Crippen molar-refractivity contribution in [1.82, 2.24) is 0 Å². The summed E-state index contributed by atoms with van der Waals surface area (Å²) in [7, 11) is 0. The van der Waals surface area contributed by atoms with Crippen molar-refractivity contribution in [2.24, 2.45) is 11.3 Å². The summed E-state index contributed by atoms with van der Waals surface area (Å²) in [5.41, 5.74) is 2.95. The van der Waals surface area contributed by atoms with Gasteiger partial charge in [0.05, 0.1) is 6.10 Å². The molecule has 98 valence electrons. The van der Waals surface area contributed by atoms with E-state index in [4.69, 9.17) is 4.74 Å². The quantitative estimate of drug-likeness (QED) is 0.529. The minimum Gasteiger partial charge on any atom is -0.454 e. The number of carbonyl (C=O) groups is 1. The lowest BCUT2D eigenvalue weighted by Gasteiger charge is -2.51. The molecule has 0 aromatic carbocycles. The minimum absolute atomic E-state index is 0.112. The first-order valence-corrected chi connectivity index (χ1v) is 6.70. The molecule has 1 aliphatic heterocycles. The number of rotatable bonds is 0. The number of hydrogen-bond acceptors (Lipinski definition) is 3. The predicted molar refractivity (Wildman–Crippen MR) is 67.8 cm³/mol. The van der Waals surface area contributed by atoms with Crippen LogP contribution in [0.5, 0.6) is 0 Å². The van der Waals surface area contributed by atoms with Crippen LogP contribution in [0.25, 0.3) is 0 Å². The minimum atomic E-state index is -0.311. The van der Waals surface area contributed by atoms with E-state index in [0.29, 0.717) is 0 Å². The average Bonchev–Trinajstić information content (AvgIpc) is 2.58. The van der Waals surface area contributed by atoms with Crippen molar-refractivity contribution in [1.29, 1.82) is 0 Å². The Labute approximate surface area is 108 Å². The maximum atomic E-state index is 11.6. The molecule has 0 aromatic rings. The van der Waals surface area contributed by atoms with Gasteiger partial charge in [-0.25, -0.2) is 4.79 Å². The number of ether oxygens (including phenoxy) is 1. The van der Waals surface area contributed by atoms with E-state index in [9.17, 15) is 9.90 Å². The summed E-state index contributed by atoms with van der Waals surface area (Å²) in [5.74, 6) is 0.106.